The van der Waals surface area contributed by atoms with Gasteiger partial charge in [-0.1, -0.05) is 0 Å². The highest BCUT2D eigenvalue weighted by molar-refractivity contribution is 5.24. The molecule has 0 bridgehead atoms. The van der Waals surface area contributed by atoms with E-state index in [0.29, 0.717) is 5.69 Å². The monoisotopic (exact) mass is 278 g/mol. The molecule has 0 aromatic carbocycles. The Morgan fingerprint density at radius 3 is 2.10 bits per heavy atom. The summed E-state index contributed by atoms with van der Waals surface area (Å²) in [5.41, 5.74) is 0.779. The van der Waals surface area contributed by atoms with Crippen LogP contribution in [0.15, 0.2) is 34.1 Å². The van der Waals surface area contributed by atoms with Crippen molar-refractivity contribution in [2.75, 3.05) is 0 Å². The normalized spacial score (nSPS) is 9.80. The van der Waals surface area contributed by atoms with Gasteiger partial charge in [0.05, 0.1) is 5.69 Å². The van der Waals surface area contributed by atoms with E-state index in [1.54, 1.807) is 43.3 Å². The van der Waals surface area contributed by atoms with Gasteiger partial charge >= 0.3 is 0 Å². The number of hydrogen-bond donors (Lipinski definition) is 2. The number of aromatic nitrogens is 2. The topological polar surface area (TPSA) is 84.5 Å². The van der Waals surface area contributed by atoms with Crippen molar-refractivity contribution in [2.45, 2.75) is 13.8 Å². The predicted octanol–water partition coefficient (Wildman–Crippen LogP) is 0.799. The van der Waals surface area contributed by atoms with Crippen LogP contribution in [0.5, 0.6) is 11.5 Å². The van der Waals surface area contributed by atoms with Crippen LogP contribution in [0.3, 0.4) is 0 Å². The van der Waals surface area contributed by atoms with Crippen molar-refractivity contribution in [3.8, 4) is 11.5 Å². The number of pyridine rings is 2. The molecule has 6 nitrogen and oxygen atoms in total. The molecule has 0 fully saturated rings. The van der Waals surface area contributed by atoms with Gasteiger partial charge in [-0.25, -0.2) is 0 Å². The van der Waals surface area contributed by atoms with Crippen molar-refractivity contribution in [2.24, 2.45) is 14.1 Å². The van der Waals surface area contributed by atoms with Crippen LogP contribution in [0.25, 0.3) is 0 Å². The summed E-state index contributed by atoms with van der Waals surface area (Å²) >= 11 is 0. The minimum absolute atomic E-state index is 0.162. The van der Waals surface area contributed by atoms with E-state index in [0.717, 1.165) is 5.69 Å². The van der Waals surface area contributed by atoms with Gasteiger partial charge < -0.3 is 19.3 Å². The van der Waals surface area contributed by atoms with Crippen molar-refractivity contribution in [3.05, 3.63) is 56.4 Å². The second-order valence-electron chi connectivity index (χ2n) is 4.50. The molecule has 0 aliphatic rings. The van der Waals surface area contributed by atoms with Crippen molar-refractivity contribution >= 4 is 0 Å². The highest BCUT2D eigenvalue weighted by Crippen LogP contribution is 2.06. The molecular weight excluding hydrogens is 260 g/mol. The summed E-state index contributed by atoms with van der Waals surface area (Å²) in [6, 6.07) is 2.73. The first-order chi connectivity index (χ1) is 9.23. The minimum Gasteiger partial charge on any atom is -0.503 e. The van der Waals surface area contributed by atoms with Crippen LogP contribution < -0.4 is 10.9 Å². The first-order valence-electron chi connectivity index (χ1n) is 5.95. The second kappa shape index (κ2) is 6.10. The highest BCUT2D eigenvalue weighted by atomic mass is 16.3. The Morgan fingerprint density at radius 1 is 1.00 bits per heavy atom. The zero-order chi connectivity index (χ0) is 15.4. The number of aromatic hydroxyl groups is 2. The Balaban J connectivity index is 0.000000200. The van der Waals surface area contributed by atoms with E-state index in [9.17, 15) is 9.59 Å². The molecule has 0 saturated heterocycles. The zero-order valence-corrected chi connectivity index (χ0v) is 11.9. The SMILES string of the molecule is Cc1c(O)c(=O)ccn1C.Cc1cc(=O)c(O)cn1C. The summed E-state index contributed by atoms with van der Waals surface area (Å²) in [5, 5.41) is 17.9. The molecule has 2 aromatic rings. The van der Waals surface area contributed by atoms with Gasteiger partial charge in [0.25, 0.3) is 0 Å². The molecule has 108 valence electrons. The summed E-state index contributed by atoms with van der Waals surface area (Å²) in [6.45, 7) is 3.50. The van der Waals surface area contributed by atoms with E-state index in [2.05, 4.69) is 0 Å². The Bertz CT molecular complexity index is 727. The number of aryl methyl sites for hydroxylation is 3. The van der Waals surface area contributed by atoms with E-state index in [4.69, 9.17) is 10.2 Å². The fourth-order valence-electron chi connectivity index (χ4n) is 1.43. The van der Waals surface area contributed by atoms with Crippen molar-refractivity contribution in [1.29, 1.82) is 0 Å². The molecule has 0 saturated carbocycles. The molecule has 2 heterocycles. The largest absolute Gasteiger partial charge is 0.503 e. The summed E-state index contributed by atoms with van der Waals surface area (Å²) in [7, 11) is 3.54. The van der Waals surface area contributed by atoms with Crippen LogP contribution in [0.2, 0.25) is 0 Å². The molecule has 0 amide bonds. The van der Waals surface area contributed by atoms with Crippen molar-refractivity contribution < 1.29 is 10.2 Å². The fourth-order valence-corrected chi connectivity index (χ4v) is 1.43. The molecule has 0 spiro atoms. The smallest absolute Gasteiger partial charge is 0.223 e. The van der Waals surface area contributed by atoms with Gasteiger partial charge in [0, 0.05) is 44.3 Å². The summed E-state index contributed by atoms with van der Waals surface area (Å²) in [6.07, 6.45) is 3.02. The second-order valence-corrected chi connectivity index (χ2v) is 4.50. The standard InChI is InChI=1S/2C7H9NO2/c1-5-3-6(9)7(10)4-8(5)2;1-5-7(10)6(9)3-4-8(5)2/h2*3-4,10H,1-2H3. The fraction of sp³-hybridized carbons (Fsp3) is 0.286. The van der Waals surface area contributed by atoms with E-state index in [1.807, 2.05) is 0 Å². The van der Waals surface area contributed by atoms with Crippen LogP contribution >= 0.6 is 0 Å². The van der Waals surface area contributed by atoms with Gasteiger partial charge in [-0.2, -0.15) is 0 Å². The highest BCUT2D eigenvalue weighted by Gasteiger charge is 2.00. The Kier molecular flexibility index (Phi) is 4.74. The maximum atomic E-state index is 10.7. The molecule has 6 heteroatoms. The van der Waals surface area contributed by atoms with Gasteiger partial charge in [0.1, 0.15) is 0 Å². The van der Waals surface area contributed by atoms with E-state index >= 15 is 0 Å². The number of nitrogens with zero attached hydrogens (tertiary/aromatic N) is 2. The van der Waals surface area contributed by atoms with Gasteiger partial charge in [0.15, 0.2) is 11.5 Å². The van der Waals surface area contributed by atoms with Gasteiger partial charge in [-0.05, 0) is 13.8 Å². The average molecular weight is 278 g/mol. The van der Waals surface area contributed by atoms with Crippen molar-refractivity contribution in [1.82, 2.24) is 9.13 Å². The van der Waals surface area contributed by atoms with E-state index in [-0.39, 0.29) is 22.4 Å². The Morgan fingerprint density at radius 2 is 1.60 bits per heavy atom. The van der Waals surface area contributed by atoms with Gasteiger partial charge in [0.2, 0.25) is 10.9 Å². The van der Waals surface area contributed by atoms with E-state index < -0.39 is 0 Å². The molecule has 2 N–H and O–H groups in total. The minimum atomic E-state index is -0.324. The molecule has 0 unspecified atom stereocenters. The molecule has 2 aromatic heterocycles. The summed E-state index contributed by atoms with van der Waals surface area (Å²) < 4.78 is 3.38. The first-order valence-corrected chi connectivity index (χ1v) is 5.95. The molecule has 0 aliphatic carbocycles. The molecule has 20 heavy (non-hydrogen) atoms. The third kappa shape index (κ3) is 3.50. The zero-order valence-electron chi connectivity index (χ0n) is 11.9. The van der Waals surface area contributed by atoms with Crippen LogP contribution in [-0.2, 0) is 14.1 Å². The summed E-state index contributed by atoms with van der Waals surface area (Å²) in [5.74, 6) is -0.363. The maximum absolute atomic E-state index is 10.7. The third-order valence-electron chi connectivity index (χ3n) is 3.02. The van der Waals surface area contributed by atoms with Crippen molar-refractivity contribution in [3.63, 3.8) is 0 Å². The molecule has 0 radical (unpaired) electrons. The lowest BCUT2D eigenvalue weighted by Gasteiger charge is -2.02. The lowest BCUT2D eigenvalue weighted by Crippen LogP contribution is -2.06. The molecule has 0 atom stereocenters. The molecular formula is C14H18N2O4. The van der Waals surface area contributed by atoms with Crippen LogP contribution in [0.4, 0.5) is 0 Å². The van der Waals surface area contributed by atoms with Gasteiger partial charge in [-0.3, -0.25) is 9.59 Å². The summed E-state index contributed by atoms with van der Waals surface area (Å²) in [4.78, 5) is 21.5. The first kappa shape index (κ1) is 15.6. The van der Waals surface area contributed by atoms with Crippen LogP contribution in [0, 0.1) is 13.8 Å². The van der Waals surface area contributed by atoms with Crippen LogP contribution in [-0.4, -0.2) is 19.3 Å². The maximum Gasteiger partial charge on any atom is 0.223 e. The van der Waals surface area contributed by atoms with E-state index in [1.165, 1.54) is 18.3 Å². The predicted molar refractivity (Wildman–Crippen MR) is 76.2 cm³/mol. The quantitative estimate of drug-likeness (QED) is 0.746. The third-order valence-corrected chi connectivity index (χ3v) is 3.02. The lowest BCUT2D eigenvalue weighted by molar-refractivity contribution is 0.457. The Labute approximate surface area is 116 Å². The average Bonchev–Trinajstić information content (AvgIpc) is 2.39. The lowest BCUT2D eigenvalue weighted by atomic mass is 10.3. The molecule has 0 aliphatic heterocycles. The molecule has 2 rings (SSSR count). The number of rotatable bonds is 0. The van der Waals surface area contributed by atoms with Crippen LogP contribution in [0.1, 0.15) is 11.4 Å². The van der Waals surface area contributed by atoms with Gasteiger partial charge in [-0.15, -0.1) is 0 Å². The number of hydrogen-bond acceptors (Lipinski definition) is 4. The Hall–Kier alpha value is -2.50.